The van der Waals surface area contributed by atoms with E-state index in [-0.39, 0.29) is 11.9 Å². The molecule has 3 rings (SSSR count). The van der Waals surface area contributed by atoms with Crippen molar-refractivity contribution in [2.45, 2.75) is 66.2 Å². The first kappa shape index (κ1) is 22.6. The molecule has 5 nitrogen and oxygen atoms in total. The average Bonchev–Trinajstić information content (AvgIpc) is 2.73. The molecule has 1 heterocycles. The van der Waals surface area contributed by atoms with E-state index in [0.29, 0.717) is 23.8 Å². The van der Waals surface area contributed by atoms with Gasteiger partial charge >= 0.3 is 6.03 Å². The van der Waals surface area contributed by atoms with E-state index in [1.54, 1.807) is 0 Å². The van der Waals surface area contributed by atoms with Gasteiger partial charge in [-0.15, -0.1) is 0 Å². The Hall–Kier alpha value is -2.04. The molecule has 30 heavy (non-hydrogen) atoms. The molecular formula is C25H39N3O2. The van der Waals surface area contributed by atoms with Gasteiger partial charge in [-0.3, -0.25) is 4.79 Å². The molecule has 1 aromatic carbocycles. The van der Waals surface area contributed by atoms with Gasteiger partial charge < -0.3 is 15.5 Å². The Bertz CT molecular complexity index is 715. The first-order valence-corrected chi connectivity index (χ1v) is 11.6. The zero-order valence-electron chi connectivity index (χ0n) is 19.2. The number of piperidine rings is 1. The number of aryl methyl sites for hydroxylation is 1. The smallest absolute Gasteiger partial charge is 0.319 e. The summed E-state index contributed by atoms with van der Waals surface area (Å²) in [6.45, 7) is 11.2. The van der Waals surface area contributed by atoms with E-state index in [1.807, 2.05) is 31.2 Å². The molecule has 0 aromatic heterocycles. The third-order valence-corrected chi connectivity index (χ3v) is 6.99. The van der Waals surface area contributed by atoms with Crippen molar-refractivity contribution in [2.75, 3.05) is 25.0 Å². The molecule has 0 spiro atoms. The molecule has 2 aliphatic rings. The van der Waals surface area contributed by atoms with Gasteiger partial charge in [0.2, 0.25) is 5.91 Å². The van der Waals surface area contributed by atoms with Crippen LogP contribution in [0.25, 0.3) is 0 Å². The highest BCUT2D eigenvalue weighted by molar-refractivity contribution is 5.89. The van der Waals surface area contributed by atoms with Crippen LogP contribution < -0.4 is 10.6 Å². The van der Waals surface area contributed by atoms with Crippen LogP contribution in [0.2, 0.25) is 0 Å². The number of nitrogens with one attached hydrogen (secondary N) is 2. The van der Waals surface area contributed by atoms with Crippen LogP contribution >= 0.6 is 0 Å². The summed E-state index contributed by atoms with van der Waals surface area (Å²) < 4.78 is 0. The van der Waals surface area contributed by atoms with Gasteiger partial charge in [-0.2, -0.15) is 0 Å². The first-order chi connectivity index (χ1) is 14.2. The quantitative estimate of drug-likeness (QED) is 0.712. The molecule has 0 bridgehead atoms. The van der Waals surface area contributed by atoms with Crippen LogP contribution in [0.5, 0.6) is 0 Å². The lowest BCUT2D eigenvalue weighted by Crippen LogP contribution is -2.47. The monoisotopic (exact) mass is 413 g/mol. The fraction of sp³-hybridized carbons (Fsp3) is 0.680. The maximum atomic E-state index is 13.1. The molecule has 1 saturated carbocycles. The number of urea groups is 1. The molecular weight excluding hydrogens is 374 g/mol. The SMILES string of the molecule is Cc1ccc(NC(=O)NCC2CCCN(C(=O)C3CCC(C(C)(C)C)CC3)C2)cc1. The summed E-state index contributed by atoms with van der Waals surface area (Å²) in [6, 6.07) is 7.60. The predicted molar refractivity (Wildman–Crippen MR) is 122 cm³/mol. The van der Waals surface area contributed by atoms with Crippen LogP contribution in [0.1, 0.15) is 64.9 Å². The summed E-state index contributed by atoms with van der Waals surface area (Å²) in [5.41, 5.74) is 2.30. The Morgan fingerprint density at radius 2 is 1.70 bits per heavy atom. The first-order valence-electron chi connectivity index (χ1n) is 11.6. The molecule has 1 aliphatic heterocycles. The fourth-order valence-corrected chi connectivity index (χ4v) is 4.95. The van der Waals surface area contributed by atoms with Gasteiger partial charge in [0, 0.05) is 31.2 Å². The van der Waals surface area contributed by atoms with Gasteiger partial charge in [-0.1, -0.05) is 38.5 Å². The van der Waals surface area contributed by atoms with Crippen molar-refractivity contribution >= 4 is 17.6 Å². The van der Waals surface area contributed by atoms with Crippen molar-refractivity contribution in [3.05, 3.63) is 29.8 Å². The van der Waals surface area contributed by atoms with Gasteiger partial charge in [0.05, 0.1) is 0 Å². The summed E-state index contributed by atoms with van der Waals surface area (Å²) in [6.07, 6.45) is 6.47. The molecule has 166 valence electrons. The van der Waals surface area contributed by atoms with E-state index < -0.39 is 0 Å². The Kier molecular flexibility index (Phi) is 7.43. The van der Waals surface area contributed by atoms with Gasteiger partial charge in [-0.25, -0.2) is 4.79 Å². The topological polar surface area (TPSA) is 61.4 Å². The minimum Gasteiger partial charge on any atom is -0.342 e. The minimum atomic E-state index is -0.178. The highest BCUT2D eigenvalue weighted by Crippen LogP contribution is 2.40. The number of nitrogens with zero attached hydrogens (tertiary/aromatic N) is 1. The third-order valence-electron chi connectivity index (χ3n) is 6.99. The van der Waals surface area contributed by atoms with Crippen molar-refractivity contribution in [1.82, 2.24) is 10.2 Å². The maximum absolute atomic E-state index is 13.1. The summed E-state index contributed by atoms with van der Waals surface area (Å²) in [4.78, 5) is 27.4. The Labute approximate surface area is 182 Å². The van der Waals surface area contributed by atoms with Crippen molar-refractivity contribution < 1.29 is 9.59 Å². The summed E-state index contributed by atoms with van der Waals surface area (Å²) in [5.74, 6) is 1.60. The summed E-state index contributed by atoms with van der Waals surface area (Å²) >= 11 is 0. The van der Waals surface area contributed by atoms with Gasteiger partial charge in [0.15, 0.2) is 0 Å². The lowest BCUT2D eigenvalue weighted by molar-refractivity contribution is -0.139. The normalized spacial score (nSPS) is 24.9. The van der Waals surface area contributed by atoms with Gasteiger partial charge in [0.1, 0.15) is 0 Å². The molecule has 0 radical (unpaired) electrons. The predicted octanol–water partition coefficient (Wildman–Crippen LogP) is 5.21. The van der Waals surface area contributed by atoms with E-state index in [4.69, 9.17) is 0 Å². The van der Waals surface area contributed by atoms with E-state index in [2.05, 4.69) is 36.3 Å². The van der Waals surface area contributed by atoms with E-state index in [9.17, 15) is 9.59 Å². The van der Waals surface area contributed by atoms with Crippen molar-refractivity contribution in [3.8, 4) is 0 Å². The average molecular weight is 414 g/mol. The van der Waals surface area contributed by atoms with Gasteiger partial charge in [0.25, 0.3) is 0 Å². The number of hydrogen-bond acceptors (Lipinski definition) is 2. The van der Waals surface area contributed by atoms with Crippen LogP contribution in [-0.4, -0.2) is 36.5 Å². The van der Waals surface area contributed by atoms with Crippen LogP contribution in [-0.2, 0) is 4.79 Å². The standard InChI is InChI=1S/C25H39N3O2/c1-18-7-13-22(14-8-18)27-24(30)26-16-19-6-5-15-28(17-19)23(29)20-9-11-21(12-10-20)25(2,3)4/h7-8,13-14,19-21H,5-6,9-12,15-17H2,1-4H3,(H2,26,27,30). The molecule has 1 atom stereocenters. The zero-order chi connectivity index (χ0) is 21.7. The molecule has 1 aromatic rings. The van der Waals surface area contributed by atoms with E-state index in [0.717, 1.165) is 63.2 Å². The number of hydrogen-bond donors (Lipinski definition) is 2. The second-order valence-electron chi connectivity index (χ2n) is 10.4. The molecule has 1 saturated heterocycles. The Morgan fingerprint density at radius 1 is 1.03 bits per heavy atom. The highest BCUT2D eigenvalue weighted by atomic mass is 16.2. The molecule has 2 fully saturated rings. The highest BCUT2D eigenvalue weighted by Gasteiger charge is 2.35. The largest absolute Gasteiger partial charge is 0.342 e. The molecule has 1 aliphatic carbocycles. The molecule has 3 amide bonds. The van der Waals surface area contributed by atoms with Crippen LogP contribution in [0.15, 0.2) is 24.3 Å². The number of anilines is 1. The summed E-state index contributed by atoms with van der Waals surface area (Å²) in [7, 11) is 0. The Balaban J connectivity index is 1.43. The van der Waals surface area contributed by atoms with Crippen molar-refractivity contribution in [1.29, 1.82) is 0 Å². The fourth-order valence-electron chi connectivity index (χ4n) is 4.95. The van der Waals surface area contributed by atoms with E-state index in [1.165, 1.54) is 5.56 Å². The van der Waals surface area contributed by atoms with Gasteiger partial charge in [-0.05, 0) is 74.8 Å². The minimum absolute atomic E-state index is 0.178. The molecule has 5 heteroatoms. The van der Waals surface area contributed by atoms with Crippen LogP contribution in [0.3, 0.4) is 0 Å². The van der Waals surface area contributed by atoms with E-state index >= 15 is 0 Å². The number of rotatable bonds is 4. The van der Waals surface area contributed by atoms with Crippen molar-refractivity contribution in [3.63, 3.8) is 0 Å². The number of amides is 3. The molecule has 2 N–H and O–H groups in total. The third kappa shape index (κ3) is 6.23. The maximum Gasteiger partial charge on any atom is 0.319 e. The van der Waals surface area contributed by atoms with Crippen molar-refractivity contribution in [2.24, 2.45) is 23.2 Å². The number of carbonyl (C=O) groups is 2. The zero-order valence-corrected chi connectivity index (χ0v) is 19.2. The lowest BCUT2D eigenvalue weighted by Gasteiger charge is -2.39. The number of benzene rings is 1. The number of likely N-dealkylation sites (tertiary alicyclic amines) is 1. The Morgan fingerprint density at radius 3 is 2.33 bits per heavy atom. The van der Waals surface area contributed by atoms with Crippen LogP contribution in [0.4, 0.5) is 10.5 Å². The second-order valence-corrected chi connectivity index (χ2v) is 10.4. The second kappa shape index (κ2) is 9.84. The molecule has 1 unspecified atom stereocenters. The lowest BCUT2D eigenvalue weighted by atomic mass is 9.69. The number of carbonyl (C=O) groups excluding carboxylic acids is 2. The summed E-state index contributed by atoms with van der Waals surface area (Å²) in [5, 5.41) is 5.87. The van der Waals surface area contributed by atoms with Crippen LogP contribution in [0, 0.1) is 30.1 Å².